The molecule has 0 aromatic heterocycles. The minimum atomic E-state index is -3.57. The van der Waals surface area contributed by atoms with Gasteiger partial charge in [-0.3, -0.25) is 4.79 Å². The lowest BCUT2D eigenvalue weighted by Crippen LogP contribution is -2.45. The molecule has 1 amide bonds. The molecule has 174 valence electrons. The first-order valence-electron chi connectivity index (χ1n) is 11.0. The third-order valence-electron chi connectivity index (χ3n) is 5.99. The van der Waals surface area contributed by atoms with Crippen LogP contribution < -0.4 is 5.32 Å². The summed E-state index contributed by atoms with van der Waals surface area (Å²) in [4.78, 5) is 12.9. The Morgan fingerprint density at radius 2 is 1.78 bits per heavy atom. The van der Waals surface area contributed by atoms with Gasteiger partial charge in [-0.05, 0) is 60.1 Å². The van der Waals surface area contributed by atoms with Gasteiger partial charge in [-0.2, -0.15) is 0 Å². The van der Waals surface area contributed by atoms with Gasteiger partial charge in [-0.15, -0.1) is 0 Å². The molecule has 0 unspecified atom stereocenters. The number of halogens is 2. The summed E-state index contributed by atoms with van der Waals surface area (Å²) < 4.78 is 27.4. The van der Waals surface area contributed by atoms with Crippen molar-refractivity contribution in [3.8, 4) is 0 Å². The van der Waals surface area contributed by atoms with Crippen LogP contribution >= 0.6 is 23.2 Å². The first kappa shape index (κ1) is 25.0. The Morgan fingerprint density at radius 3 is 2.47 bits per heavy atom. The Morgan fingerprint density at radius 1 is 1.03 bits per heavy atom. The van der Waals surface area contributed by atoms with E-state index >= 15 is 0 Å². The highest BCUT2D eigenvalue weighted by molar-refractivity contribution is 7.88. The number of carbonyl (C=O) groups excluding carboxylic acids is 1. The summed E-state index contributed by atoms with van der Waals surface area (Å²) >= 11 is 12.0. The van der Waals surface area contributed by atoms with Crippen molar-refractivity contribution in [1.82, 2.24) is 9.62 Å². The van der Waals surface area contributed by atoms with Crippen LogP contribution in [0.5, 0.6) is 0 Å². The number of piperidine rings is 1. The number of nitrogens with zero attached hydrogens (tertiary/aromatic N) is 1. The monoisotopic (exact) mass is 496 g/mol. The standard InChI is InChI=1S/C24H30Cl2N2O3S/c1-3-17-7-9-19(4-2)21(12-17)14-27-24(29)20-6-5-11-28(15-20)32(30,31)16-18-8-10-22(25)23(26)13-18/h7-10,12-13,20H,3-6,11,14-16H2,1-2H3,(H,27,29)/t20-/m0/s1. The number of nitrogens with one attached hydrogen (secondary N) is 1. The molecule has 1 saturated heterocycles. The highest BCUT2D eigenvalue weighted by Gasteiger charge is 2.32. The zero-order valence-electron chi connectivity index (χ0n) is 18.5. The molecule has 32 heavy (non-hydrogen) atoms. The van der Waals surface area contributed by atoms with Crippen molar-refractivity contribution in [2.24, 2.45) is 5.92 Å². The van der Waals surface area contributed by atoms with Crippen LogP contribution in [0, 0.1) is 5.92 Å². The number of sulfonamides is 1. The van der Waals surface area contributed by atoms with Gasteiger partial charge >= 0.3 is 0 Å². The first-order chi connectivity index (χ1) is 15.2. The van der Waals surface area contributed by atoms with E-state index in [0.29, 0.717) is 41.5 Å². The number of carbonyl (C=O) groups is 1. The molecule has 8 heteroatoms. The van der Waals surface area contributed by atoms with E-state index in [2.05, 4.69) is 37.4 Å². The first-order valence-corrected chi connectivity index (χ1v) is 13.4. The molecule has 0 aliphatic carbocycles. The van der Waals surface area contributed by atoms with Crippen LogP contribution in [0.15, 0.2) is 36.4 Å². The molecule has 1 aliphatic rings. The molecule has 1 aliphatic heterocycles. The second kappa shape index (κ2) is 11.0. The van der Waals surface area contributed by atoms with Crippen LogP contribution in [0.1, 0.15) is 48.9 Å². The molecule has 2 aromatic rings. The number of hydrogen-bond acceptors (Lipinski definition) is 3. The lowest BCUT2D eigenvalue weighted by Gasteiger charge is -2.31. The number of benzene rings is 2. The molecule has 5 nitrogen and oxygen atoms in total. The molecule has 1 atom stereocenters. The molecule has 0 saturated carbocycles. The van der Waals surface area contributed by atoms with Gasteiger partial charge in [-0.1, -0.05) is 61.3 Å². The molecule has 1 heterocycles. The van der Waals surface area contributed by atoms with E-state index in [0.717, 1.165) is 18.4 Å². The second-order valence-electron chi connectivity index (χ2n) is 8.23. The lowest BCUT2D eigenvalue weighted by molar-refractivity contribution is -0.126. The number of rotatable bonds is 8. The second-order valence-corrected chi connectivity index (χ2v) is 11.0. The predicted octanol–water partition coefficient (Wildman–Crippen LogP) is 4.98. The van der Waals surface area contributed by atoms with E-state index in [1.165, 1.54) is 15.4 Å². The highest BCUT2D eigenvalue weighted by Crippen LogP contribution is 2.26. The quantitative estimate of drug-likeness (QED) is 0.560. The summed E-state index contributed by atoms with van der Waals surface area (Å²) in [5.74, 6) is -0.614. The summed E-state index contributed by atoms with van der Waals surface area (Å²) in [6, 6.07) is 11.2. The van der Waals surface area contributed by atoms with Crippen LogP contribution in [-0.4, -0.2) is 31.7 Å². The van der Waals surface area contributed by atoms with E-state index in [9.17, 15) is 13.2 Å². The SMILES string of the molecule is CCc1ccc(CC)c(CNC(=O)[C@H]2CCCN(S(=O)(=O)Cc3ccc(Cl)c(Cl)c3)C2)c1. The average Bonchev–Trinajstić information content (AvgIpc) is 2.79. The van der Waals surface area contributed by atoms with Gasteiger partial charge in [0.2, 0.25) is 15.9 Å². The van der Waals surface area contributed by atoms with Gasteiger partial charge in [0, 0.05) is 19.6 Å². The lowest BCUT2D eigenvalue weighted by atomic mass is 9.97. The van der Waals surface area contributed by atoms with Crippen LogP contribution in [0.25, 0.3) is 0 Å². The number of hydrogen-bond donors (Lipinski definition) is 1. The normalized spacial score (nSPS) is 17.3. The molecule has 1 N–H and O–H groups in total. The number of aryl methyl sites for hydroxylation is 2. The maximum absolute atomic E-state index is 13.0. The fourth-order valence-corrected chi connectivity index (χ4v) is 5.99. The zero-order chi connectivity index (χ0) is 23.3. The van der Waals surface area contributed by atoms with Crippen LogP contribution in [0.4, 0.5) is 0 Å². The summed E-state index contributed by atoms with van der Waals surface area (Å²) in [5.41, 5.74) is 4.16. The molecular weight excluding hydrogens is 467 g/mol. The zero-order valence-corrected chi connectivity index (χ0v) is 20.9. The predicted molar refractivity (Wildman–Crippen MR) is 130 cm³/mol. The minimum absolute atomic E-state index is 0.0941. The van der Waals surface area contributed by atoms with Crippen LogP contribution in [0.3, 0.4) is 0 Å². The maximum atomic E-state index is 13.0. The van der Waals surface area contributed by atoms with Crippen molar-refractivity contribution in [2.45, 2.75) is 51.8 Å². The largest absolute Gasteiger partial charge is 0.352 e. The van der Waals surface area contributed by atoms with Gasteiger partial charge in [0.1, 0.15) is 0 Å². The summed E-state index contributed by atoms with van der Waals surface area (Å²) in [7, 11) is -3.57. The Bertz CT molecular complexity index is 1070. The van der Waals surface area contributed by atoms with Crippen molar-refractivity contribution in [2.75, 3.05) is 13.1 Å². The Hall–Kier alpha value is -1.60. The maximum Gasteiger partial charge on any atom is 0.224 e. The van der Waals surface area contributed by atoms with Crippen molar-refractivity contribution in [1.29, 1.82) is 0 Å². The van der Waals surface area contributed by atoms with E-state index in [-0.39, 0.29) is 24.1 Å². The van der Waals surface area contributed by atoms with Crippen molar-refractivity contribution in [3.63, 3.8) is 0 Å². The third-order valence-corrected chi connectivity index (χ3v) is 8.55. The average molecular weight is 497 g/mol. The van der Waals surface area contributed by atoms with E-state index in [1.54, 1.807) is 18.2 Å². The van der Waals surface area contributed by atoms with E-state index in [4.69, 9.17) is 23.2 Å². The van der Waals surface area contributed by atoms with Crippen LogP contribution in [-0.2, 0) is 40.0 Å². The Kier molecular flexibility index (Phi) is 8.62. The van der Waals surface area contributed by atoms with E-state index in [1.807, 2.05) is 0 Å². The molecule has 3 rings (SSSR count). The van der Waals surface area contributed by atoms with Gasteiger partial charge in [0.15, 0.2) is 0 Å². The molecular formula is C24H30Cl2N2O3S. The molecule has 0 bridgehead atoms. The smallest absolute Gasteiger partial charge is 0.224 e. The molecule has 0 spiro atoms. The summed E-state index contributed by atoms with van der Waals surface area (Å²) in [6.45, 7) is 5.29. The van der Waals surface area contributed by atoms with E-state index < -0.39 is 10.0 Å². The molecule has 2 aromatic carbocycles. The minimum Gasteiger partial charge on any atom is -0.352 e. The van der Waals surface area contributed by atoms with Gasteiger partial charge in [0.05, 0.1) is 21.7 Å². The van der Waals surface area contributed by atoms with Crippen molar-refractivity contribution < 1.29 is 13.2 Å². The van der Waals surface area contributed by atoms with Gasteiger partial charge in [-0.25, -0.2) is 12.7 Å². The Labute approximate surface area is 201 Å². The topological polar surface area (TPSA) is 66.5 Å². The summed E-state index contributed by atoms with van der Waals surface area (Å²) in [5, 5.41) is 3.75. The number of amides is 1. The van der Waals surface area contributed by atoms with Crippen LogP contribution in [0.2, 0.25) is 10.0 Å². The fraction of sp³-hybridized carbons (Fsp3) is 0.458. The van der Waals surface area contributed by atoms with Crippen molar-refractivity contribution in [3.05, 3.63) is 68.7 Å². The fourth-order valence-electron chi connectivity index (χ4n) is 4.08. The summed E-state index contributed by atoms with van der Waals surface area (Å²) in [6.07, 6.45) is 3.18. The van der Waals surface area contributed by atoms with Gasteiger partial charge < -0.3 is 5.32 Å². The highest BCUT2D eigenvalue weighted by atomic mass is 35.5. The molecule has 1 fully saturated rings. The van der Waals surface area contributed by atoms with Crippen molar-refractivity contribution >= 4 is 39.1 Å². The Balaban J connectivity index is 1.63. The van der Waals surface area contributed by atoms with Gasteiger partial charge in [0.25, 0.3) is 0 Å². The molecule has 0 radical (unpaired) electrons. The third kappa shape index (κ3) is 6.25.